The van der Waals surface area contributed by atoms with Gasteiger partial charge in [-0.25, -0.2) is 8.42 Å². The first-order valence-corrected chi connectivity index (χ1v) is 10.3. The van der Waals surface area contributed by atoms with Crippen LogP contribution in [0.1, 0.15) is 26.7 Å². The van der Waals surface area contributed by atoms with Crippen LogP contribution >= 0.6 is 0 Å². The molecule has 6 nitrogen and oxygen atoms in total. The maximum Gasteiger partial charge on any atom is 0.193 e. The highest BCUT2D eigenvalue weighted by Crippen LogP contribution is 2.15. The standard InChI is InChI=1S/C15H30N4O2S/c1-3-16-15(19-7-4-14(2)5-8-19)17-6-9-18-10-12-22(20,21)13-11-18/h14H,3-13H2,1-2H3,(H,16,17). The molecule has 0 atom stereocenters. The van der Waals surface area contributed by atoms with Gasteiger partial charge in [-0.1, -0.05) is 6.92 Å². The Kier molecular flexibility index (Phi) is 6.50. The van der Waals surface area contributed by atoms with Crippen LogP contribution in [0.5, 0.6) is 0 Å². The van der Waals surface area contributed by atoms with E-state index in [-0.39, 0.29) is 0 Å². The average Bonchev–Trinajstić information content (AvgIpc) is 2.49. The molecule has 2 aliphatic rings. The minimum Gasteiger partial charge on any atom is -0.357 e. The molecule has 1 N–H and O–H groups in total. The van der Waals surface area contributed by atoms with Crippen LogP contribution in [-0.4, -0.2) is 81.5 Å². The van der Waals surface area contributed by atoms with Crippen molar-refractivity contribution >= 4 is 15.8 Å². The van der Waals surface area contributed by atoms with Crippen molar-refractivity contribution in [2.75, 3.05) is 57.3 Å². The molecular formula is C15H30N4O2S. The summed E-state index contributed by atoms with van der Waals surface area (Å²) in [7, 11) is -2.79. The zero-order chi connectivity index (χ0) is 16.0. The molecule has 0 amide bonds. The normalized spacial score (nSPS) is 24.5. The predicted molar refractivity (Wildman–Crippen MR) is 91.0 cm³/mol. The van der Waals surface area contributed by atoms with Gasteiger partial charge in [0.1, 0.15) is 0 Å². The number of hydrogen-bond acceptors (Lipinski definition) is 4. The van der Waals surface area contributed by atoms with Crippen molar-refractivity contribution in [3.8, 4) is 0 Å². The Labute approximate surface area is 134 Å². The van der Waals surface area contributed by atoms with Gasteiger partial charge in [0.2, 0.25) is 0 Å². The maximum atomic E-state index is 11.4. The molecular weight excluding hydrogens is 300 g/mol. The SMILES string of the molecule is CCNC(=NCCN1CCS(=O)(=O)CC1)N1CCC(C)CC1. The van der Waals surface area contributed by atoms with Gasteiger partial charge in [0, 0.05) is 39.3 Å². The predicted octanol–water partition coefficient (Wildman–Crippen LogP) is 0.414. The summed E-state index contributed by atoms with van der Waals surface area (Å²) in [6.45, 7) is 10.3. The van der Waals surface area contributed by atoms with Crippen molar-refractivity contribution < 1.29 is 8.42 Å². The topological polar surface area (TPSA) is 65.0 Å². The summed E-state index contributed by atoms with van der Waals surface area (Å²) in [5.41, 5.74) is 0. The smallest absolute Gasteiger partial charge is 0.193 e. The third-order valence-corrected chi connectivity index (χ3v) is 6.14. The zero-order valence-electron chi connectivity index (χ0n) is 13.9. The van der Waals surface area contributed by atoms with Gasteiger partial charge in [-0.05, 0) is 25.7 Å². The van der Waals surface area contributed by atoms with E-state index >= 15 is 0 Å². The van der Waals surface area contributed by atoms with Crippen LogP contribution in [0.2, 0.25) is 0 Å². The summed E-state index contributed by atoms with van der Waals surface area (Å²) < 4.78 is 22.9. The van der Waals surface area contributed by atoms with Crippen molar-refractivity contribution in [2.24, 2.45) is 10.9 Å². The molecule has 0 aromatic carbocycles. The van der Waals surface area contributed by atoms with E-state index in [1.54, 1.807) is 0 Å². The van der Waals surface area contributed by atoms with Crippen molar-refractivity contribution in [2.45, 2.75) is 26.7 Å². The minimum atomic E-state index is -2.79. The second-order valence-corrected chi connectivity index (χ2v) is 8.70. The molecule has 0 radical (unpaired) electrons. The first-order chi connectivity index (χ1) is 10.5. The van der Waals surface area contributed by atoms with Crippen LogP contribution < -0.4 is 5.32 Å². The molecule has 0 aromatic heterocycles. The Hall–Kier alpha value is -0.820. The van der Waals surface area contributed by atoms with Gasteiger partial charge in [0.25, 0.3) is 0 Å². The first kappa shape index (κ1) is 17.5. The molecule has 2 heterocycles. The Morgan fingerprint density at radius 2 is 1.82 bits per heavy atom. The highest BCUT2D eigenvalue weighted by molar-refractivity contribution is 7.91. The lowest BCUT2D eigenvalue weighted by atomic mass is 10.00. The molecule has 128 valence electrons. The van der Waals surface area contributed by atoms with Crippen LogP contribution in [-0.2, 0) is 9.84 Å². The molecule has 7 heteroatoms. The largest absolute Gasteiger partial charge is 0.357 e. The van der Waals surface area contributed by atoms with Crippen LogP contribution in [0.3, 0.4) is 0 Å². The number of rotatable bonds is 4. The quantitative estimate of drug-likeness (QED) is 0.598. The first-order valence-electron chi connectivity index (χ1n) is 8.46. The monoisotopic (exact) mass is 330 g/mol. The van der Waals surface area contributed by atoms with Gasteiger partial charge < -0.3 is 10.2 Å². The van der Waals surface area contributed by atoms with Gasteiger partial charge in [0.05, 0.1) is 18.1 Å². The number of nitrogens with one attached hydrogen (secondary N) is 1. The number of sulfone groups is 1. The molecule has 0 unspecified atom stereocenters. The number of aliphatic imine (C=N–C) groups is 1. The number of likely N-dealkylation sites (tertiary alicyclic amines) is 1. The molecule has 2 saturated heterocycles. The van der Waals surface area contributed by atoms with Crippen molar-refractivity contribution in [1.29, 1.82) is 0 Å². The summed E-state index contributed by atoms with van der Waals surface area (Å²) in [4.78, 5) is 9.29. The fourth-order valence-corrected chi connectivity index (χ4v) is 4.19. The number of nitrogens with zero attached hydrogens (tertiary/aromatic N) is 3. The summed E-state index contributed by atoms with van der Waals surface area (Å²) in [6, 6.07) is 0. The highest BCUT2D eigenvalue weighted by Gasteiger charge is 2.21. The molecule has 2 aliphatic heterocycles. The Morgan fingerprint density at radius 3 is 2.41 bits per heavy atom. The van der Waals surface area contributed by atoms with Crippen molar-refractivity contribution in [3.05, 3.63) is 0 Å². The number of guanidine groups is 1. The summed E-state index contributed by atoms with van der Waals surface area (Å²) in [5.74, 6) is 2.41. The molecule has 0 aromatic rings. The average molecular weight is 330 g/mol. The third-order valence-electron chi connectivity index (χ3n) is 4.53. The van der Waals surface area contributed by atoms with Crippen LogP contribution in [0.15, 0.2) is 4.99 Å². The van der Waals surface area contributed by atoms with Crippen LogP contribution in [0.4, 0.5) is 0 Å². The summed E-state index contributed by atoms with van der Waals surface area (Å²) in [6.07, 6.45) is 2.46. The molecule has 0 aliphatic carbocycles. The lowest BCUT2D eigenvalue weighted by molar-refractivity contribution is 0.271. The van der Waals surface area contributed by atoms with Gasteiger partial charge in [0.15, 0.2) is 15.8 Å². The van der Waals surface area contributed by atoms with E-state index in [1.165, 1.54) is 12.8 Å². The lowest BCUT2D eigenvalue weighted by Gasteiger charge is -2.33. The lowest BCUT2D eigenvalue weighted by Crippen LogP contribution is -2.46. The van der Waals surface area contributed by atoms with Crippen LogP contribution in [0.25, 0.3) is 0 Å². The third kappa shape index (κ3) is 5.43. The second-order valence-electron chi connectivity index (χ2n) is 6.40. The van der Waals surface area contributed by atoms with E-state index < -0.39 is 9.84 Å². The Morgan fingerprint density at radius 1 is 1.18 bits per heavy atom. The van der Waals surface area contributed by atoms with E-state index in [0.29, 0.717) is 24.6 Å². The van der Waals surface area contributed by atoms with Gasteiger partial charge in [-0.15, -0.1) is 0 Å². The molecule has 0 bridgehead atoms. The molecule has 2 rings (SSSR count). The van der Waals surface area contributed by atoms with Crippen molar-refractivity contribution in [3.63, 3.8) is 0 Å². The summed E-state index contributed by atoms with van der Waals surface area (Å²) >= 11 is 0. The van der Waals surface area contributed by atoms with Gasteiger partial charge in [-0.3, -0.25) is 9.89 Å². The van der Waals surface area contributed by atoms with E-state index in [1.807, 2.05) is 0 Å². The van der Waals surface area contributed by atoms with Gasteiger partial charge >= 0.3 is 0 Å². The Balaban J connectivity index is 1.80. The maximum absolute atomic E-state index is 11.4. The molecule has 22 heavy (non-hydrogen) atoms. The van der Waals surface area contributed by atoms with Gasteiger partial charge in [-0.2, -0.15) is 0 Å². The molecule has 0 saturated carbocycles. The molecule has 0 spiro atoms. The van der Waals surface area contributed by atoms with E-state index in [2.05, 4.69) is 29.0 Å². The zero-order valence-corrected chi connectivity index (χ0v) is 14.7. The van der Waals surface area contributed by atoms with E-state index in [9.17, 15) is 8.42 Å². The second kappa shape index (κ2) is 8.15. The number of hydrogen-bond donors (Lipinski definition) is 1. The van der Waals surface area contributed by atoms with Crippen LogP contribution in [0, 0.1) is 5.92 Å². The fourth-order valence-electron chi connectivity index (χ4n) is 2.92. The highest BCUT2D eigenvalue weighted by atomic mass is 32.2. The number of piperidine rings is 1. The minimum absolute atomic E-state index is 0.292. The van der Waals surface area contributed by atoms with E-state index in [0.717, 1.165) is 44.6 Å². The Bertz CT molecular complexity index is 456. The van der Waals surface area contributed by atoms with Crippen molar-refractivity contribution in [1.82, 2.24) is 15.1 Å². The fraction of sp³-hybridized carbons (Fsp3) is 0.933. The summed E-state index contributed by atoms with van der Waals surface area (Å²) in [5, 5.41) is 3.38. The molecule has 2 fully saturated rings. The van der Waals surface area contributed by atoms with E-state index in [4.69, 9.17) is 4.99 Å².